The number of hydrogen-bond acceptors (Lipinski definition) is 6. The molecule has 7 nitrogen and oxygen atoms in total. The van der Waals surface area contributed by atoms with Crippen LogP contribution in [0.2, 0.25) is 0 Å². The second-order valence-electron chi connectivity index (χ2n) is 7.72. The minimum Gasteiger partial charge on any atom is -0.493 e. The monoisotopic (exact) mass is 427 g/mol. The van der Waals surface area contributed by atoms with E-state index in [-0.39, 0.29) is 12.2 Å². The third-order valence-electron chi connectivity index (χ3n) is 5.79. The van der Waals surface area contributed by atoms with E-state index in [0.717, 1.165) is 18.4 Å². The van der Waals surface area contributed by atoms with Crippen LogP contribution in [0.15, 0.2) is 42.5 Å². The summed E-state index contributed by atoms with van der Waals surface area (Å²) < 4.78 is 28.3. The maximum atomic E-state index is 13.2. The van der Waals surface area contributed by atoms with Crippen molar-refractivity contribution in [2.75, 3.05) is 40.5 Å². The molecule has 2 heterocycles. The maximum absolute atomic E-state index is 13.2. The normalized spacial score (nSPS) is 17.5. The molecule has 4 rings (SSSR count). The zero-order valence-electron chi connectivity index (χ0n) is 18.0. The van der Waals surface area contributed by atoms with Crippen LogP contribution in [0.5, 0.6) is 17.2 Å². The zero-order valence-corrected chi connectivity index (χ0v) is 18.0. The van der Waals surface area contributed by atoms with Gasteiger partial charge in [0.05, 0.1) is 27.4 Å². The van der Waals surface area contributed by atoms with Crippen LogP contribution in [0.4, 0.5) is 0 Å². The molecule has 0 aliphatic carbocycles. The van der Waals surface area contributed by atoms with Gasteiger partial charge < -0.3 is 28.6 Å². The quantitative estimate of drug-likeness (QED) is 0.674. The molecular formula is C24H29NO6. The summed E-state index contributed by atoms with van der Waals surface area (Å²) in [6, 6.07) is 13.3. The molecule has 31 heavy (non-hydrogen) atoms. The number of nitrogens with zero attached hydrogens (tertiary/aromatic N) is 1. The number of piperidine rings is 1. The predicted molar refractivity (Wildman–Crippen MR) is 115 cm³/mol. The van der Waals surface area contributed by atoms with Gasteiger partial charge in [0, 0.05) is 24.6 Å². The number of benzene rings is 2. The number of rotatable bonds is 7. The smallest absolute Gasteiger partial charge is 0.254 e. The summed E-state index contributed by atoms with van der Waals surface area (Å²) in [4.78, 5) is 15.0. The van der Waals surface area contributed by atoms with Crippen molar-refractivity contribution in [3.05, 3.63) is 53.6 Å². The fourth-order valence-corrected chi connectivity index (χ4v) is 4.08. The predicted octanol–water partition coefficient (Wildman–Crippen LogP) is 3.51. The third kappa shape index (κ3) is 4.94. The van der Waals surface area contributed by atoms with Crippen LogP contribution >= 0.6 is 0 Å². The molecule has 0 atom stereocenters. The summed E-state index contributed by atoms with van der Waals surface area (Å²) in [6.07, 6.45) is 1.60. The van der Waals surface area contributed by atoms with Gasteiger partial charge in [0.25, 0.3) is 5.91 Å². The van der Waals surface area contributed by atoms with Crippen LogP contribution < -0.4 is 14.2 Å². The molecule has 0 unspecified atom stereocenters. The Bertz CT molecular complexity index is 848. The lowest BCUT2D eigenvalue weighted by atomic mass is 9.95. The van der Waals surface area contributed by atoms with Gasteiger partial charge in [-0.05, 0) is 30.5 Å². The second kappa shape index (κ2) is 10.0. The molecule has 1 amide bonds. The Labute approximate surface area is 182 Å². The van der Waals surface area contributed by atoms with E-state index >= 15 is 0 Å². The van der Waals surface area contributed by atoms with Crippen LogP contribution in [-0.4, -0.2) is 57.6 Å². The van der Waals surface area contributed by atoms with Crippen LogP contribution in [-0.2, 0) is 16.1 Å². The fraction of sp³-hybridized carbons (Fsp3) is 0.458. The van der Waals surface area contributed by atoms with Crippen molar-refractivity contribution in [2.45, 2.75) is 25.7 Å². The average Bonchev–Trinajstić information content (AvgIpc) is 3.37. The molecule has 2 aromatic carbocycles. The lowest BCUT2D eigenvalue weighted by Gasteiger charge is -2.34. The number of carbonyl (C=O) groups is 1. The average molecular weight is 427 g/mol. The van der Waals surface area contributed by atoms with Gasteiger partial charge in [-0.2, -0.15) is 0 Å². The molecule has 2 aromatic rings. The highest BCUT2D eigenvalue weighted by molar-refractivity contribution is 5.95. The minimum atomic E-state index is -0.126. The van der Waals surface area contributed by atoms with Gasteiger partial charge in [0.15, 0.2) is 17.8 Å². The van der Waals surface area contributed by atoms with Crippen molar-refractivity contribution in [2.24, 2.45) is 5.92 Å². The summed E-state index contributed by atoms with van der Waals surface area (Å²) in [5.74, 6) is 1.73. The molecule has 0 saturated carbocycles. The Hall–Kier alpha value is -2.77. The summed E-state index contributed by atoms with van der Waals surface area (Å²) >= 11 is 0. The van der Waals surface area contributed by atoms with Crippen molar-refractivity contribution in [3.63, 3.8) is 0 Å². The minimum absolute atomic E-state index is 0.0436. The molecule has 0 bridgehead atoms. The number of carbonyl (C=O) groups excluding carboxylic acids is 1. The molecule has 7 heteroatoms. The van der Waals surface area contributed by atoms with E-state index in [0.29, 0.717) is 61.6 Å². The Kier molecular flexibility index (Phi) is 6.94. The Morgan fingerprint density at radius 3 is 2.19 bits per heavy atom. The number of likely N-dealkylation sites (tertiary alicyclic amines) is 1. The van der Waals surface area contributed by atoms with Crippen LogP contribution in [0, 0.1) is 5.92 Å². The van der Waals surface area contributed by atoms with Crippen molar-refractivity contribution < 1.29 is 28.5 Å². The highest BCUT2D eigenvalue weighted by atomic mass is 16.7. The zero-order chi connectivity index (χ0) is 21.6. The summed E-state index contributed by atoms with van der Waals surface area (Å²) in [5.41, 5.74) is 1.55. The SMILES string of the molecule is COc1cc(C(=O)N2CCC(C3OCCO3)CC2)cc(OC)c1OCc1ccccc1. The summed E-state index contributed by atoms with van der Waals surface area (Å²) in [5, 5.41) is 0. The van der Waals surface area contributed by atoms with E-state index in [1.807, 2.05) is 35.2 Å². The Morgan fingerprint density at radius 2 is 1.61 bits per heavy atom. The van der Waals surface area contributed by atoms with Gasteiger partial charge in [-0.1, -0.05) is 30.3 Å². The molecule has 0 N–H and O–H groups in total. The molecule has 2 aliphatic rings. The summed E-state index contributed by atoms with van der Waals surface area (Å²) in [6.45, 7) is 3.02. The Balaban J connectivity index is 1.46. The van der Waals surface area contributed by atoms with Crippen molar-refractivity contribution >= 4 is 5.91 Å². The van der Waals surface area contributed by atoms with E-state index in [1.54, 1.807) is 26.4 Å². The highest BCUT2D eigenvalue weighted by Crippen LogP contribution is 2.39. The van der Waals surface area contributed by atoms with E-state index in [2.05, 4.69) is 0 Å². The van der Waals surface area contributed by atoms with Gasteiger partial charge in [-0.3, -0.25) is 4.79 Å². The standard InChI is InChI=1S/C24H29NO6/c1-27-20-14-19(15-21(28-2)22(20)31-16-17-6-4-3-5-7-17)23(26)25-10-8-18(9-11-25)24-29-12-13-30-24/h3-7,14-15,18,24H,8-13,16H2,1-2H3. The van der Waals surface area contributed by atoms with E-state index < -0.39 is 0 Å². The number of methoxy groups -OCH3 is 2. The van der Waals surface area contributed by atoms with Crippen LogP contribution in [0.3, 0.4) is 0 Å². The topological polar surface area (TPSA) is 66.5 Å². The number of ether oxygens (including phenoxy) is 5. The van der Waals surface area contributed by atoms with Crippen molar-refractivity contribution in [1.82, 2.24) is 4.90 Å². The molecule has 166 valence electrons. The van der Waals surface area contributed by atoms with Gasteiger partial charge in [-0.25, -0.2) is 0 Å². The molecular weight excluding hydrogens is 398 g/mol. The van der Waals surface area contributed by atoms with E-state index in [9.17, 15) is 4.79 Å². The molecule has 0 radical (unpaired) electrons. The molecule has 0 aromatic heterocycles. The molecule has 2 fully saturated rings. The van der Waals surface area contributed by atoms with E-state index in [1.165, 1.54) is 0 Å². The van der Waals surface area contributed by atoms with Gasteiger partial charge in [-0.15, -0.1) is 0 Å². The maximum Gasteiger partial charge on any atom is 0.254 e. The first-order valence-electron chi connectivity index (χ1n) is 10.6. The third-order valence-corrected chi connectivity index (χ3v) is 5.79. The lowest BCUT2D eigenvalue weighted by Crippen LogP contribution is -2.41. The Morgan fingerprint density at radius 1 is 1.00 bits per heavy atom. The largest absolute Gasteiger partial charge is 0.493 e. The lowest BCUT2D eigenvalue weighted by molar-refractivity contribution is -0.0956. The first-order valence-corrected chi connectivity index (χ1v) is 10.6. The van der Waals surface area contributed by atoms with Gasteiger partial charge in [0.1, 0.15) is 6.61 Å². The van der Waals surface area contributed by atoms with Crippen LogP contribution in [0.1, 0.15) is 28.8 Å². The van der Waals surface area contributed by atoms with Crippen LogP contribution in [0.25, 0.3) is 0 Å². The first kappa shape index (κ1) is 21.5. The van der Waals surface area contributed by atoms with Crippen molar-refractivity contribution in [3.8, 4) is 17.2 Å². The molecule has 2 saturated heterocycles. The highest BCUT2D eigenvalue weighted by Gasteiger charge is 2.32. The molecule has 0 spiro atoms. The van der Waals surface area contributed by atoms with Gasteiger partial charge >= 0.3 is 0 Å². The fourth-order valence-electron chi connectivity index (χ4n) is 4.08. The number of hydrogen-bond donors (Lipinski definition) is 0. The van der Waals surface area contributed by atoms with Gasteiger partial charge in [0.2, 0.25) is 5.75 Å². The van der Waals surface area contributed by atoms with Crippen molar-refractivity contribution in [1.29, 1.82) is 0 Å². The number of amides is 1. The second-order valence-corrected chi connectivity index (χ2v) is 7.72. The first-order chi connectivity index (χ1) is 15.2. The molecule has 2 aliphatic heterocycles. The van der Waals surface area contributed by atoms with E-state index in [4.69, 9.17) is 23.7 Å². The summed E-state index contributed by atoms with van der Waals surface area (Å²) in [7, 11) is 3.12.